The van der Waals surface area contributed by atoms with Crippen LogP contribution in [0.15, 0.2) is 48.5 Å². The molecule has 1 N–H and O–H groups in total. The van der Waals surface area contributed by atoms with E-state index >= 15 is 0 Å². The molecule has 1 unspecified atom stereocenters. The maximum absolute atomic E-state index is 12.3. The van der Waals surface area contributed by atoms with Crippen LogP contribution < -0.4 is 10.1 Å². The van der Waals surface area contributed by atoms with E-state index in [2.05, 4.69) is 5.32 Å². The maximum Gasteiger partial charge on any atom is 0.407 e. The van der Waals surface area contributed by atoms with Crippen molar-refractivity contribution in [2.45, 2.75) is 39.8 Å². The number of nitrogens with zero attached hydrogens (tertiary/aromatic N) is 1. The number of hydrogen-bond acceptors (Lipinski definition) is 7. The van der Waals surface area contributed by atoms with Gasteiger partial charge < -0.3 is 19.5 Å². The second kappa shape index (κ2) is 12.3. The summed E-state index contributed by atoms with van der Waals surface area (Å²) in [5.41, 5.74) is 1.47. The zero-order valence-electron chi connectivity index (χ0n) is 18.4. The number of hydrogen-bond donors (Lipinski definition) is 1. The van der Waals surface area contributed by atoms with Crippen molar-refractivity contribution >= 4 is 17.7 Å². The van der Waals surface area contributed by atoms with E-state index in [9.17, 15) is 19.7 Å². The molecule has 0 aliphatic carbocycles. The predicted octanol–water partition coefficient (Wildman–Crippen LogP) is 4.03. The number of alkyl carbamates (subject to hydrolysis) is 1. The first-order chi connectivity index (χ1) is 15.3. The molecule has 0 aromatic heterocycles. The number of ether oxygens (including phenoxy) is 3. The van der Waals surface area contributed by atoms with Gasteiger partial charge in [0.25, 0.3) is 5.69 Å². The highest BCUT2D eigenvalue weighted by Crippen LogP contribution is 2.18. The number of amides is 1. The molecule has 0 saturated carbocycles. The molecule has 0 aliphatic heterocycles. The number of esters is 1. The Hall–Kier alpha value is -3.62. The summed E-state index contributed by atoms with van der Waals surface area (Å²) in [6.07, 6.45) is -0.450. The molecule has 0 bridgehead atoms. The summed E-state index contributed by atoms with van der Waals surface area (Å²) in [7, 11) is 0. The first-order valence-corrected chi connectivity index (χ1v) is 10.3. The van der Waals surface area contributed by atoms with Gasteiger partial charge in [-0.2, -0.15) is 0 Å². The molecule has 1 amide bonds. The number of nitro benzene ring substituents is 1. The first-order valence-electron chi connectivity index (χ1n) is 10.3. The third kappa shape index (κ3) is 8.25. The van der Waals surface area contributed by atoms with Gasteiger partial charge in [-0.05, 0) is 36.1 Å². The van der Waals surface area contributed by atoms with Crippen LogP contribution in [0.25, 0.3) is 0 Å². The Kier molecular flexibility index (Phi) is 9.46. The molecule has 172 valence electrons. The van der Waals surface area contributed by atoms with Crippen molar-refractivity contribution in [2.75, 3.05) is 13.2 Å². The van der Waals surface area contributed by atoms with Gasteiger partial charge in [-0.25, -0.2) is 9.59 Å². The zero-order chi connectivity index (χ0) is 23.5. The van der Waals surface area contributed by atoms with Crippen LogP contribution in [-0.2, 0) is 27.3 Å². The van der Waals surface area contributed by atoms with Gasteiger partial charge in [-0.15, -0.1) is 0 Å². The van der Waals surface area contributed by atoms with E-state index < -0.39 is 23.0 Å². The Labute approximate surface area is 186 Å². The van der Waals surface area contributed by atoms with Crippen molar-refractivity contribution in [3.05, 3.63) is 69.8 Å². The molecule has 9 heteroatoms. The quantitative estimate of drug-likeness (QED) is 0.316. The van der Waals surface area contributed by atoms with Gasteiger partial charge in [0.1, 0.15) is 18.4 Å². The van der Waals surface area contributed by atoms with Crippen LogP contribution in [-0.4, -0.2) is 36.2 Å². The van der Waals surface area contributed by atoms with Crippen LogP contribution in [0, 0.1) is 16.0 Å². The Balaban J connectivity index is 1.97. The Morgan fingerprint density at radius 1 is 1.06 bits per heavy atom. The van der Waals surface area contributed by atoms with Crippen LogP contribution in [0.1, 0.15) is 31.9 Å². The Morgan fingerprint density at radius 3 is 2.41 bits per heavy atom. The van der Waals surface area contributed by atoms with E-state index in [1.807, 2.05) is 13.8 Å². The number of benzene rings is 2. The third-order valence-corrected chi connectivity index (χ3v) is 4.30. The van der Waals surface area contributed by atoms with Crippen molar-refractivity contribution in [2.24, 2.45) is 5.92 Å². The molecular formula is C23H28N2O7. The maximum atomic E-state index is 12.3. The standard InChI is InChI=1S/C23H28N2O7/c1-4-30-22(26)21(24-23(27)32-14-16(2)3)13-17-8-10-20(11-9-17)31-15-18-6-5-7-19(12-18)25(28)29/h5-12,16,21H,4,13-15H2,1-3H3,(H,24,27). The van der Waals surface area contributed by atoms with Crippen LogP contribution in [0.3, 0.4) is 0 Å². The fraction of sp³-hybridized carbons (Fsp3) is 0.391. The lowest BCUT2D eigenvalue weighted by Gasteiger charge is -2.18. The molecule has 0 heterocycles. The second-order valence-corrected chi connectivity index (χ2v) is 7.51. The molecule has 32 heavy (non-hydrogen) atoms. The fourth-order valence-corrected chi connectivity index (χ4v) is 2.75. The minimum atomic E-state index is -0.883. The number of non-ortho nitro benzene ring substituents is 1. The van der Waals surface area contributed by atoms with Crippen LogP contribution in [0.4, 0.5) is 10.5 Å². The van der Waals surface area contributed by atoms with Crippen LogP contribution >= 0.6 is 0 Å². The van der Waals surface area contributed by atoms with E-state index in [1.54, 1.807) is 43.3 Å². The fourth-order valence-electron chi connectivity index (χ4n) is 2.75. The highest BCUT2D eigenvalue weighted by Gasteiger charge is 2.23. The molecule has 0 fully saturated rings. The SMILES string of the molecule is CCOC(=O)C(Cc1ccc(OCc2cccc([N+](=O)[O-])c2)cc1)NC(=O)OCC(C)C. The highest BCUT2D eigenvalue weighted by atomic mass is 16.6. The lowest BCUT2D eigenvalue weighted by atomic mass is 10.1. The number of carbonyl (C=O) groups is 2. The largest absolute Gasteiger partial charge is 0.489 e. The summed E-state index contributed by atoms with van der Waals surface area (Å²) >= 11 is 0. The van der Waals surface area contributed by atoms with Gasteiger partial charge in [0.15, 0.2) is 0 Å². The zero-order valence-corrected chi connectivity index (χ0v) is 18.4. The average molecular weight is 444 g/mol. The van der Waals surface area contributed by atoms with Crippen LogP contribution in [0.5, 0.6) is 5.75 Å². The van der Waals surface area contributed by atoms with Crippen molar-refractivity contribution in [3.8, 4) is 5.75 Å². The van der Waals surface area contributed by atoms with Gasteiger partial charge in [-0.3, -0.25) is 10.1 Å². The summed E-state index contributed by atoms with van der Waals surface area (Å²) in [6, 6.07) is 12.4. The van der Waals surface area contributed by atoms with Gasteiger partial charge in [0.05, 0.1) is 18.1 Å². The smallest absolute Gasteiger partial charge is 0.407 e. The average Bonchev–Trinajstić information content (AvgIpc) is 2.77. The van der Waals surface area contributed by atoms with Crippen molar-refractivity contribution in [1.82, 2.24) is 5.32 Å². The molecule has 2 rings (SSSR count). The minimum absolute atomic E-state index is 0.00544. The molecule has 2 aromatic rings. The van der Waals surface area contributed by atoms with Gasteiger partial charge in [0, 0.05) is 18.6 Å². The second-order valence-electron chi connectivity index (χ2n) is 7.51. The number of nitrogens with one attached hydrogen (secondary N) is 1. The highest BCUT2D eigenvalue weighted by molar-refractivity contribution is 5.81. The molecule has 0 saturated heterocycles. The van der Waals surface area contributed by atoms with Crippen molar-refractivity contribution < 1.29 is 28.7 Å². The number of carbonyl (C=O) groups excluding carboxylic acids is 2. The van der Waals surface area contributed by atoms with Crippen molar-refractivity contribution in [3.63, 3.8) is 0 Å². The number of nitro groups is 1. The van der Waals surface area contributed by atoms with E-state index in [0.29, 0.717) is 11.3 Å². The molecular weight excluding hydrogens is 416 g/mol. The lowest BCUT2D eigenvalue weighted by molar-refractivity contribution is -0.384. The topological polar surface area (TPSA) is 117 Å². The Bertz CT molecular complexity index is 913. The molecule has 0 spiro atoms. The van der Waals surface area contributed by atoms with E-state index in [1.165, 1.54) is 12.1 Å². The molecule has 2 aromatic carbocycles. The summed E-state index contributed by atoms with van der Waals surface area (Å²) in [4.78, 5) is 34.7. The Morgan fingerprint density at radius 2 is 1.78 bits per heavy atom. The van der Waals surface area contributed by atoms with Crippen molar-refractivity contribution in [1.29, 1.82) is 0 Å². The van der Waals surface area contributed by atoms with Gasteiger partial charge >= 0.3 is 12.1 Å². The molecule has 1 atom stereocenters. The van der Waals surface area contributed by atoms with E-state index in [4.69, 9.17) is 14.2 Å². The summed E-state index contributed by atoms with van der Waals surface area (Å²) < 4.78 is 15.8. The first kappa shape index (κ1) is 24.6. The van der Waals surface area contributed by atoms with E-state index in [-0.39, 0.29) is 37.8 Å². The van der Waals surface area contributed by atoms with Gasteiger partial charge in [-0.1, -0.05) is 38.1 Å². The number of rotatable bonds is 11. The summed E-state index contributed by atoms with van der Waals surface area (Å²) in [5.74, 6) is 0.202. The third-order valence-electron chi connectivity index (χ3n) is 4.30. The monoisotopic (exact) mass is 444 g/mol. The summed E-state index contributed by atoms with van der Waals surface area (Å²) in [6.45, 7) is 6.15. The predicted molar refractivity (Wildman–Crippen MR) is 117 cm³/mol. The normalized spacial score (nSPS) is 11.5. The molecule has 9 nitrogen and oxygen atoms in total. The lowest BCUT2D eigenvalue weighted by Crippen LogP contribution is -2.43. The summed E-state index contributed by atoms with van der Waals surface area (Å²) in [5, 5.41) is 13.4. The van der Waals surface area contributed by atoms with Gasteiger partial charge in [0.2, 0.25) is 0 Å². The van der Waals surface area contributed by atoms with Crippen LogP contribution in [0.2, 0.25) is 0 Å². The molecule has 0 radical (unpaired) electrons. The molecule has 0 aliphatic rings. The van der Waals surface area contributed by atoms with E-state index in [0.717, 1.165) is 5.56 Å². The minimum Gasteiger partial charge on any atom is -0.489 e.